The first-order valence-electron chi connectivity index (χ1n) is 5.84. The molecule has 1 aromatic carbocycles. The van der Waals surface area contributed by atoms with E-state index in [2.05, 4.69) is 15.6 Å². The highest BCUT2D eigenvalue weighted by molar-refractivity contribution is 5.59. The van der Waals surface area contributed by atoms with Gasteiger partial charge in [-0.25, -0.2) is 4.68 Å². The first-order valence-corrected chi connectivity index (χ1v) is 5.84. The quantitative estimate of drug-likeness (QED) is 0.907. The van der Waals surface area contributed by atoms with Gasteiger partial charge in [0, 0.05) is 18.7 Å². The minimum atomic E-state index is -4.34. The Bertz CT molecular complexity index is 587. The molecular weight excluding hydrogens is 257 g/mol. The van der Waals surface area contributed by atoms with Gasteiger partial charge in [-0.1, -0.05) is 17.3 Å². The number of hydrogen-bond donors (Lipinski definition) is 1. The van der Waals surface area contributed by atoms with Crippen molar-refractivity contribution in [2.24, 2.45) is 0 Å². The summed E-state index contributed by atoms with van der Waals surface area (Å²) in [7, 11) is 0. The molecular formula is C12H11F3N4. The number of nitrogens with one attached hydrogen (secondary N) is 1. The van der Waals surface area contributed by atoms with Crippen LogP contribution in [0.3, 0.4) is 0 Å². The summed E-state index contributed by atoms with van der Waals surface area (Å²) in [6.45, 7) is 1.62. The van der Waals surface area contributed by atoms with Crippen LogP contribution in [-0.4, -0.2) is 28.1 Å². The first kappa shape index (κ1) is 12.2. The van der Waals surface area contributed by atoms with Crippen LogP contribution < -0.4 is 5.32 Å². The Labute approximate surface area is 107 Å². The van der Waals surface area contributed by atoms with Crippen LogP contribution in [0.25, 0.3) is 11.3 Å². The van der Waals surface area contributed by atoms with Crippen molar-refractivity contribution in [1.82, 2.24) is 20.3 Å². The highest BCUT2D eigenvalue weighted by Crippen LogP contribution is 2.31. The van der Waals surface area contributed by atoms with Gasteiger partial charge in [-0.05, 0) is 12.1 Å². The van der Waals surface area contributed by atoms with Crippen molar-refractivity contribution >= 4 is 0 Å². The average molecular weight is 268 g/mol. The second kappa shape index (κ2) is 4.34. The van der Waals surface area contributed by atoms with Gasteiger partial charge in [0.05, 0.1) is 17.8 Å². The van der Waals surface area contributed by atoms with Gasteiger partial charge in [-0.15, -0.1) is 5.10 Å². The van der Waals surface area contributed by atoms with Gasteiger partial charge in [-0.2, -0.15) is 13.2 Å². The molecule has 1 aliphatic rings. The molecule has 3 rings (SSSR count). The Balaban J connectivity index is 1.91. The molecule has 1 N–H and O–H groups in total. The molecule has 19 heavy (non-hydrogen) atoms. The molecule has 100 valence electrons. The summed E-state index contributed by atoms with van der Waals surface area (Å²) in [6, 6.07) is 5.36. The first-order chi connectivity index (χ1) is 9.04. The molecule has 2 heterocycles. The molecule has 1 aliphatic heterocycles. The fourth-order valence-electron chi connectivity index (χ4n) is 1.90. The van der Waals surface area contributed by atoms with Gasteiger partial charge in [0.1, 0.15) is 5.69 Å². The standard InChI is InChI=1S/C12H11F3N4/c13-12(14,15)9-3-1-2-8(4-9)11-7-19(18-17-11)10-5-16-6-10/h1-4,7,10,16H,5-6H2. The molecule has 0 atom stereocenters. The van der Waals surface area contributed by atoms with Gasteiger partial charge in [0.25, 0.3) is 0 Å². The molecule has 0 unspecified atom stereocenters. The Morgan fingerprint density at radius 2 is 2.05 bits per heavy atom. The van der Waals surface area contributed by atoms with E-state index in [9.17, 15) is 13.2 Å². The maximum absolute atomic E-state index is 12.6. The fourth-order valence-corrected chi connectivity index (χ4v) is 1.90. The summed E-state index contributed by atoms with van der Waals surface area (Å²) >= 11 is 0. The predicted molar refractivity (Wildman–Crippen MR) is 62.4 cm³/mol. The third-order valence-corrected chi connectivity index (χ3v) is 3.13. The maximum atomic E-state index is 12.6. The highest BCUT2D eigenvalue weighted by atomic mass is 19.4. The Hall–Kier alpha value is -1.89. The average Bonchev–Trinajstić information content (AvgIpc) is 2.75. The van der Waals surface area contributed by atoms with Crippen LogP contribution in [0, 0.1) is 0 Å². The largest absolute Gasteiger partial charge is 0.416 e. The van der Waals surface area contributed by atoms with E-state index in [1.807, 2.05) is 0 Å². The molecule has 1 aromatic heterocycles. The molecule has 0 bridgehead atoms. The molecule has 1 fully saturated rings. The van der Waals surface area contributed by atoms with Crippen molar-refractivity contribution in [3.05, 3.63) is 36.0 Å². The van der Waals surface area contributed by atoms with Crippen LogP contribution in [-0.2, 0) is 6.18 Å². The van der Waals surface area contributed by atoms with E-state index in [0.29, 0.717) is 11.3 Å². The van der Waals surface area contributed by atoms with Crippen molar-refractivity contribution in [3.63, 3.8) is 0 Å². The third-order valence-electron chi connectivity index (χ3n) is 3.13. The normalized spacial score (nSPS) is 16.4. The van der Waals surface area contributed by atoms with E-state index in [-0.39, 0.29) is 6.04 Å². The van der Waals surface area contributed by atoms with E-state index in [0.717, 1.165) is 25.2 Å². The van der Waals surface area contributed by atoms with Crippen LogP contribution in [0.15, 0.2) is 30.5 Å². The SMILES string of the molecule is FC(F)(F)c1cccc(-c2cn(C3CNC3)nn2)c1. The van der Waals surface area contributed by atoms with Crippen LogP contribution in [0.5, 0.6) is 0 Å². The van der Waals surface area contributed by atoms with Crippen molar-refractivity contribution in [2.45, 2.75) is 12.2 Å². The van der Waals surface area contributed by atoms with Gasteiger partial charge < -0.3 is 5.32 Å². The maximum Gasteiger partial charge on any atom is 0.416 e. The Kier molecular flexibility index (Phi) is 2.78. The number of benzene rings is 1. The summed E-state index contributed by atoms with van der Waals surface area (Å²) in [5.41, 5.74) is 0.205. The summed E-state index contributed by atoms with van der Waals surface area (Å²) in [5, 5.41) is 11.0. The summed E-state index contributed by atoms with van der Waals surface area (Å²) in [5.74, 6) is 0. The second-order valence-corrected chi connectivity index (χ2v) is 4.47. The zero-order valence-corrected chi connectivity index (χ0v) is 9.85. The number of nitrogens with zero attached hydrogens (tertiary/aromatic N) is 3. The monoisotopic (exact) mass is 268 g/mol. The van der Waals surface area contributed by atoms with Gasteiger partial charge in [-0.3, -0.25) is 0 Å². The fraction of sp³-hybridized carbons (Fsp3) is 0.333. The molecule has 4 nitrogen and oxygen atoms in total. The van der Waals surface area contributed by atoms with E-state index in [1.165, 1.54) is 6.07 Å². The van der Waals surface area contributed by atoms with Crippen molar-refractivity contribution in [2.75, 3.05) is 13.1 Å². The van der Waals surface area contributed by atoms with Crippen molar-refractivity contribution in [3.8, 4) is 11.3 Å². The van der Waals surface area contributed by atoms with Gasteiger partial charge in [0.2, 0.25) is 0 Å². The molecule has 0 amide bonds. The molecule has 0 aliphatic carbocycles. The van der Waals surface area contributed by atoms with Crippen LogP contribution in [0.2, 0.25) is 0 Å². The Morgan fingerprint density at radius 3 is 2.68 bits per heavy atom. The van der Waals surface area contributed by atoms with Crippen LogP contribution in [0.4, 0.5) is 13.2 Å². The lowest BCUT2D eigenvalue weighted by atomic mass is 10.1. The summed E-state index contributed by atoms with van der Waals surface area (Å²) < 4.78 is 39.6. The summed E-state index contributed by atoms with van der Waals surface area (Å²) in [4.78, 5) is 0. The van der Waals surface area contributed by atoms with E-state index >= 15 is 0 Å². The third kappa shape index (κ3) is 2.33. The van der Waals surface area contributed by atoms with E-state index < -0.39 is 11.7 Å². The minimum absolute atomic E-state index is 0.243. The molecule has 0 radical (unpaired) electrons. The number of hydrogen-bond acceptors (Lipinski definition) is 3. The lowest BCUT2D eigenvalue weighted by molar-refractivity contribution is -0.137. The smallest absolute Gasteiger partial charge is 0.312 e. The minimum Gasteiger partial charge on any atom is -0.312 e. The lowest BCUT2D eigenvalue weighted by Crippen LogP contribution is -2.43. The molecule has 0 spiro atoms. The topological polar surface area (TPSA) is 42.7 Å². The molecule has 1 saturated heterocycles. The van der Waals surface area contributed by atoms with E-state index in [1.54, 1.807) is 16.9 Å². The van der Waals surface area contributed by atoms with Gasteiger partial charge >= 0.3 is 6.18 Å². The Morgan fingerprint density at radius 1 is 1.26 bits per heavy atom. The van der Waals surface area contributed by atoms with Crippen LogP contribution >= 0.6 is 0 Å². The van der Waals surface area contributed by atoms with Crippen molar-refractivity contribution < 1.29 is 13.2 Å². The lowest BCUT2D eigenvalue weighted by Gasteiger charge is -2.26. The van der Waals surface area contributed by atoms with Crippen molar-refractivity contribution in [1.29, 1.82) is 0 Å². The molecule has 2 aromatic rings. The van der Waals surface area contributed by atoms with Crippen LogP contribution in [0.1, 0.15) is 11.6 Å². The number of rotatable bonds is 2. The predicted octanol–water partition coefficient (Wildman–Crippen LogP) is 2.11. The zero-order chi connectivity index (χ0) is 13.5. The second-order valence-electron chi connectivity index (χ2n) is 4.47. The molecule has 0 saturated carbocycles. The number of aromatic nitrogens is 3. The number of alkyl halides is 3. The summed E-state index contributed by atoms with van der Waals surface area (Å²) in [6.07, 6.45) is -2.66. The van der Waals surface area contributed by atoms with Gasteiger partial charge in [0.15, 0.2) is 0 Å². The number of halogens is 3. The van der Waals surface area contributed by atoms with E-state index in [4.69, 9.17) is 0 Å². The highest BCUT2D eigenvalue weighted by Gasteiger charge is 2.30. The zero-order valence-electron chi connectivity index (χ0n) is 9.85. The molecule has 7 heteroatoms.